The maximum atomic E-state index is 6.20. The van der Waals surface area contributed by atoms with Crippen molar-refractivity contribution in [1.29, 1.82) is 0 Å². The quantitative estimate of drug-likeness (QED) is 0.832. The third-order valence-electron chi connectivity index (χ3n) is 3.71. The lowest BCUT2D eigenvalue weighted by Crippen LogP contribution is -2.26. The minimum atomic E-state index is 0.194. The molecule has 0 aliphatic heterocycles. The van der Waals surface area contributed by atoms with Crippen molar-refractivity contribution in [3.05, 3.63) is 34.3 Å². The van der Waals surface area contributed by atoms with Crippen molar-refractivity contribution < 1.29 is 0 Å². The second kappa shape index (κ2) is 4.99. The van der Waals surface area contributed by atoms with Crippen molar-refractivity contribution in [2.24, 2.45) is 0 Å². The fourth-order valence-corrected chi connectivity index (χ4v) is 2.21. The number of aryl methyl sites for hydroxylation is 1. The van der Waals surface area contributed by atoms with Gasteiger partial charge < -0.3 is 5.32 Å². The smallest absolute Gasteiger partial charge is 0.0438 e. The second-order valence-electron chi connectivity index (χ2n) is 5.83. The van der Waals surface area contributed by atoms with Gasteiger partial charge in [0.1, 0.15) is 0 Å². The molecule has 1 aliphatic rings. The van der Waals surface area contributed by atoms with Crippen molar-refractivity contribution in [1.82, 2.24) is 5.32 Å². The monoisotopic (exact) mass is 251 g/mol. The maximum Gasteiger partial charge on any atom is 0.0438 e. The van der Waals surface area contributed by atoms with Gasteiger partial charge in [-0.25, -0.2) is 0 Å². The summed E-state index contributed by atoms with van der Waals surface area (Å²) in [5, 5.41) is 4.46. The van der Waals surface area contributed by atoms with Gasteiger partial charge >= 0.3 is 0 Å². The van der Waals surface area contributed by atoms with Crippen LogP contribution in [0.4, 0.5) is 0 Å². The molecule has 1 aliphatic carbocycles. The Morgan fingerprint density at radius 2 is 2.06 bits per heavy atom. The number of nitrogens with one attached hydrogen (secondary N) is 1. The molecule has 0 amide bonds. The average molecular weight is 252 g/mol. The zero-order chi connectivity index (χ0) is 12.5. The minimum absolute atomic E-state index is 0.194. The third-order valence-corrected chi connectivity index (χ3v) is 4.12. The number of hydrogen-bond acceptors (Lipinski definition) is 1. The summed E-state index contributed by atoms with van der Waals surface area (Å²) in [5.41, 5.74) is 2.69. The molecule has 17 heavy (non-hydrogen) atoms. The van der Waals surface area contributed by atoms with Gasteiger partial charge in [0.25, 0.3) is 0 Å². The molecule has 1 N–H and O–H groups in total. The van der Waals surface area contributed by atoms with Gasteiger partial charge in [-0.3, -0.25) is 0 Å². The molecule has 0 bridgehead atoms. The summed E-state index contributed by atoms with van der Waals surface area (Å²) < 4.78 is 0. The largest absolute Gasteiger partial charge is 0.314 e. The van der Waals surface area contributed by atoms with Gasteiger partial charge in [0.05, 0.1) is 0 Å². The van der Waals surface area contributed by atoms with Gasteiger partial charge in [-0.2, -0.15) is 0 Å². The molecule has 0 heterocycles. The topological polar surface area (TPSA) is 12.0 Å². The fourth-order valence-electron chi connectivity index (χ4n) is 2.03. The Balaban J connectivity index is 1.98. The first-order valence-corrected chi connectivity index (χ1v) is 6.87. The molecule has 1 fully saturated rings. The maximum absolute atomic E-state index is 6.20. The van der Waals surface area contributed by atoms with Crippen LogP contribution in [-0.2, 0) is 5.41 Å². The van der Waals surface area contributed by atoms with Gasteiger partial charge in [0, 0.05) is 11.1 Å². The molecule has 0 unspecified atom stereocenters. The van der Waals surface area contributed by atoms with Crippen molar-refractivity contribution >= 4 is 11.6 Å². The Morgan fingerprint density at radius 1 is 1.35 bits per heavy atom. The molecular formula is C15H22ClN. The summed E-state index contributed by atoms with van der Waals surface area (Å²) >= 11 is 6.20. The zero-order valence-electron chi connectivity index (χ0n) is 11.0. The molecular weight excluding hydrogens is 230 g/mol. The van der Waals surface area contributed by atoms with E-state index >= 15 is 0 Å². The van der Waals surface area contributed by atoms with Crippen molar-refractivity contribution in [3.8, 4) is 0 Å². The summed E-state index contributed by atoms with van der Waals surface area (Å²) in [4.78, 5) is 0. The highest BCUT2D eigenvalue weighted by Gasteiger charge is 2.24. The summed E-state index contributed by atoms with van der Waals surface area (Å²) in [5.74, 6) is 0. The molecule has 2 heteroatoms. The van der Waals surface area contributed by atoms with Crippen LogP contribution in [0.3, 0.4) is 0 Å². The van der Waals surface area contributed by atoms with Crippen molar-refractivity contribution in [3.63, 3.8) is 0 Å². The first kappa shape index (κ1) is 12.9. The van der Waals surface area contributed by atoms with E-state index in [0.717, 1.165) is 29.6 Å². The standard InChI is InChI=1S/C15H22ClN/c1-11-4-5-12(10-14(11)16)15(2,3)8-9-17-13-6-7-13/h4-5,10,13,17H,6-9H2,1-3H3. The van der Waals surface area contributed by atoms with E-state index < -0.39 is 0 Å². The number of benzene rings is 1. The fraction of sp³-hybridized carbons (Fsp3) is 0.600. The van der Waals surface area contributed by atoms with Crippen LogP contribution in [0.25, 0.3) is 0 Å². The Hall–Kier alpha value is -0.530. The van der Waals surface area contributed by atoms with E-state index in [2.05, 4.69) is 37.4 Å². The molecule has 94 valence electrons. The van der Waals surface area contributed by atoms with Crippen LogP contribution in [0.2, 0.25) is 5.02 Å². The lowest BCUT2D eigenvalue weighted by Gasteiger charge is -2.26. The highest BCUT2D eigenvalue weighted by atomic mass is 35.5. The van der Waals surface area contributed by atoms with Crippen molar-refractivity contribution in [2.45, 2.75) is 51.5 Å². The van der Waals surface area contributed by atoms with Gasteiger partial charge in [0.15, 0.2) is 0 Å². The summed E-state index contributed by atoms with van der Waals surface area (Å²) in [7, 11) is 0. The summed E-state index contributed by atoms with van der Waals surface area (Å²) in [6, 6.07) is 7.24. The van der Waals surface area contributed by atoms with E-state index in [4.69, 9.17) is 11.6 Å². The molecule has 0 saturated heterocycles. The summed E-state index contributed by atoms with van der Waals surface area (Å²) in [6.07, 6.45) is 3.87. The zero-order valence-corrected chi connectivity index (χ0v) is 11.8. The van der Waals surface area contributed by atoms with E-state index in [9.17, 15) is 0 Å². The first-order valence-electron chi connectivity index (χ1n) is 6.49. The van der Waals surface area contributed by atoms with Crippen LogP contribution >= 0.6 is 11.6 Å². The number of halogens is 1. The number of hydrogen-bond donors (Lipinski definition) is 1. The number of rotatable bonds is 5. The molecule has 2 rings (SSSR count). The molecule has 0 spiro atoms. The van der Waals surface area contributed by atoms with Crippen LogP contribution in [0.15, 0.2) is 18.2 Å². The van der Waals surface area contributed by atoms with Gasteiger partial charge in [-0.1, -0.05) is 37.6 Å². The molecule has 1 aromatic carbocycles. The molecule has 0 aromatic heterocycles. The highest BCUT2D eigenvalue weighted by Crippen LogP contribution is 2.30. The van der Waals surface area contributed by atoms with E-state index in [1.165, 1.54) is 18.4 Å². The van der Waals surface area contributed by atoms with Crippen LogP contribution in [0, 0.1) is 6.92 Å². The molecule has 1 saturated carbocycles. The van der Waals surface area contributed by atoms with Crippen LogP contribution in [0.5, 0.6) is 0 Å². The minimum Gasteiger partial charge on any atom is -0.314 e. The van der Waals surface area contributed by atoms with E-state index in [-0.39, 0.29) is 5.41 Å². The SMILES string of the molecule is Cc1ccc(C(C)(C)CCNC2CC2)cc1Cl. The third kappa shape index (κ3) is 3.46. The molecule has 1 aromatic rings. The van der Waals surface area contributed by atoms with Crippen LogP contribution in [0.1, 0.15) is 44.2 Å². The van der Waals surface area contributed by atoms with Gasteiger partial charge in [-0.15, -0.1) is 0 Å². The predicted molar refractivity (Wildman–Crippen MR) is 74.9 cm³/mol. The lowest BCUT2D eigenvalue weighted by atomic mass is 9.81. The van der Waals surface area contributed by atoms with Crippen LogP contribution in [-0.4, -0.2) is 12.6 Å². The Morgan fingerprint density at radius 3 is 2.65 bits per heavy atom. The average Bonchev–Trinajstić information content (AvgIpc) is 3.05. The Bertz CT molecular complexity index is 394. The van der Waals surface area contributed by atoms with E-state index in [0.29, 0.717) is 0 Å². The van der Waals surface area contributed by atoms with Gasteiger partial charge in [-0.05, 0) is 55.3 Å². The summed E-state index contributed by atoms with van der Waals surface area (Å²) in [6.45, 7) is 7.74. The van der Waals surface area contributed by atoms with Crippen molar-refractivity contribution in [2.75, 3.05) is 6.54 Å². The van der Waals surface area contributed by atoms with Crippen LogP contribution < -0.4 is 5.32 Å². The second-order valence-corrected chi connectivity index (χ2v) is 6.23. The molecule has 1 nitrogen and oxygen atoms in total. The normalized spacial score (nSPS) is 16.2. The van der Waals surface area contributed by atoms with Gasteiger partial charge in [0.2, 0.25) is 0 Å². The molecule has 0 atom stereocenters. The molecule has 0 radical (unpaired) electrons. The Kier molecular flexibility index (Phi) is 3.79. The first-order chi connectivity index (χ1) is 7.99. The highest BCUT2D eigenvalue weighted by molar-refractivity contribution is 6.31. The Labute approximate surface area is 110 Å². The predicted octanol–water partition coefficient (Wildman–Crippen LogP) is 4.07. The lowest BCUT2D eigenvalue weighted by molar-refractivity contribution is 0.456. The van der Waals surface area contributed by atoms with E-state index in [1.807, 2.05) is 6.92 Å². The van der Waals surface area contributed by atoms with E-state index in [1.54, 1.807) is 0 Å².